The molecule has 0 atom stereocenters. The van der Waals surface area contributed by atoms with E-state index in [1.165, 1.54) is 0 Å². The van der Waals surface area contributed by atoms with Crippen LogP contribution in [-0.2, 0) is 0 Å². The van der Waals surface area contributed by atoms with E-state index in [0.29, 0.717) is 0 Å². The van der Waals surface area contributed by atoms with E-state index in [9.17, 15) is 0 Å². The van der Waals surface area contributed by atoms with Crippen LogP contribution < -0.4 is 5.32 Å². The van der Waals surface area contributed by atoms with Gasteiger partial charge in [-0.25, -0.2) is 0 Å². The summed E-state index contributed by atoms with van der Waals surface area (Å²) in [5, 5.41) is 12.3. The lowest BCUT2D eigenvalue weighted by Crippen LogP contribution is -2.34. The van der Waals surface area contributed by atoms with E-state index in [1.54, 1.807) is 0 Å². The number of anilines is 1. The van der Waals surface area contributed by atoms with Crippen molar-refractivity contribution in [2.75, 3.05) is 32.5 Å². The Morgan fingerprint density at radius 3 is 2.50 bits per heavy atom. The Morgan fingerprint density at radius 1 is 1.33 bits per heavy atom. The second-order valence-electron chi connectivity index (χ2n) is 5.90. The van der Waals surface area contributed by atoms with Crippen molar-refractivity contribution in [3.05, 3.63) is 29.3 Å². The molecule has 18 heavy (non-hydrogen) atoms. The molecule has 1 aromatic carbocycles. The first kappa shape index (κ1) is 14.5. The molecule has 0 aliphatic rings. The van der Waals surface area contributed by atoms with Gasteiger partial charge in [-0.15, -0.1) is 0 Å². The van der Waals surface area contributed by atoms with Crippen molar-refractivity contribution in [3.8, 4) is 6.07 Å². The van der Waals surface area contributed by atoms with E-state index >= 15 is 0 Å². The van der Waals surface area contributed by atoms with Gasteiger partial charge in [-0.05, 0) is 50.2 Å². The van der Waals surface area contributed by atoms with Crippen LogP contribution in [0.1, 0.15) is 25.0 Å². The maximum absolute atomic E-state index is 8.89. The first-order valence-electron chi connectivity index (χ1n) is 6.23. The molecule has 0 aromatic heterocycles. The van der Waals surface area contributed by atoms with Gasteiger partial charge in [0, 0.05) is 18.8 Å². The van der Waals surface area contributed by atoms with Gasteiger partial charge in [0.25, 0.3) is 0 Å². The van der Waals surface area contributed by atoms with Gasteiger partial charge in [0.2, 0.25) is 0 Å². The predicted molar refractivity (Wildman–Crippen MR) is 76.7 cm³/mol. The molecule has 0 saturated carbocycles. The quantitative estimate of drug-likeness (QED) is 0.867. The fraction of sp³-hybridized carbons (Fsp3) is 0.533. The third-order valence-corrected chi connectivity index (χ3v) is 2.86. The summed E-state index contributed by atoms with van der Waals surface area (Å²) in [6.45, 7) is 8.41. The molecule has 3 nitrogen and oxygen atoms in total. The van der Waals surface area contributed by atoms with Gasteiger partial charge in [0.15, 0.2) is 0 Å². The zero-order chi connectivity index (χ0) is 13.8. The molecule has 3 heteroatoms. The maximum atomic E-state index is 8.89. The van der Waals surface area contributed by atoms with Gasteiger partial charge < -0.3 is 10.2 Å². The molecule has 1 rings (SSSR count). The van der Waals surface area contributed by atoms with Gasteiger partial charge in [-0.2, -0.15) is 5.26 Å². The molecule has 0 radical (unpaired) electrons. The zero-order valence-corrected chi connectivity index (χ0v) is 12.0. The first-order valence-corrected chi connectivity index (χ1v) is 6.23. The molecule has 1 N–H and O–H groups in total. The number of benzene rings is 1. The molecule has 0 unspecified atom stereocenters. The van der Waals surface area contributed by atoms with Gasteiger partial charge in [-0.1, -0.05) is 13.8 Å². The highest BCUT2D eigenvalue weighted by molar-refractivity contribution is 5.51. The second-order valence-corrected chi connectivity index (χ2v) is 5.90. The number of aryl methyl sites for hydroxylation is 1. The Morgan fingerprint density at radius 2 is 2.00 bits per heavy atom. The lowest BCUT2D eigenvalue weighted by Gasteiger charge is -2.29. The second kappa shape index (κ2) is 5.88. The zero-order valence-electron chi connectivity index (χ0n) is 12.0. The Bertz CT molecular complexity index is 442. The number of hydrogen-bond donors (Lipinski definition) is 1. The highest BCUT2D eigenvalue weighted by atomic mass is 15.1. The van der Waals surface area contributed by atoms with Crippen molar-refractivity contribution in [2.24, 2.45) is 5.41 Å². The van der Waals surface area contributed by atoms with E-state index in [1.807, 2.05) is 25.1 Å². The molecular weight excluding hydrogens is 222 g/mol. The van der Waals surface area contributed by atoms with Crippen molar-refractivity contribution >= 4 is 5.69 Å². The molecule has 0 aliphatic carbocycles. The van der Waals surface area contributed by atoms with E-state index < -0.39 is 0 Å². The summed E-state index contributed by atoms with van der Waals surface area (Å²) in [6, 6.07) is 8.06. The standard InChI is InChI=1S/C15H23N3/c1-12-8-14(7-6-13(12)9-16)17-10-15(2,3)11-18(4)5/h6-8,17H,10-11H2,1-5H3. The van der Waals surface area contributed by atoms with Crippen LogP contribution in [0.5, 0.6) is 0 Å². The highest BCUT2D eigenvalue weighted by Gasteiger charge is 2.18. The van der Waals surface area contributed by atoms with Gasteiger partial charge in [0.1, 0.15) is 0 Å². The summed E-state index contributed by atoms with van der Waals surface area (Å²) in [6.07, 6.45) is 0. The van der Waals surface area contributed by atoms with Crippen LogP contribution in [0.25, 0.3) is 0 Å². The molecule has 98 valence electrons. The topological polar surface area (TPSA) is 39.1 Å². The molecular formula is C15H23N3. The Labute approximate surface area is 110 Å². The van der Waals surface area contributed by atoms with Crippen molar-refractivity contribution < 1.29 is 0 Å². The Kier molecular flexibility index (Phi) is 4.75. The summed E-state index contributed by atoms with van der Waals surface area (Å²) in [5.74, 6) is 0. The van der Waals surface area contributed by atoms with Crippen LogP contribution in [0, 0.1) is 23.7 Å². The lowest BCUT2D eigenvalue weighted by molar-refractivity contribution is 0.254. The van der Waals surface area contributed by atoms with Crippen molar-refractivity contribution in [2.45, 2.75) is 20.8 Å². The summed E-state index contributed by atoms with van der Waals surface area (Å²) in [5.41, 5.74) is 3.06. The Balaban J connectivity index is 2.64. The van der Waals surface area contributed by atoms with Crippen molar-refractivity contribution in [3.63, 3.8) is 0 Å². The van der Waals surface area contributed by atoms with Gasteiger partial charge in [-0.3, -0.25) is 0 Å². The summed E-state index contributed by atoms with van der Waals surface area (Å²) >= 11 is 0. The fourth-order valence-electron chi connectivity index (χ4n) is 2.15. The molecule has 0 bridgehead atoms. The lowest BCUT2D eigenvalue weighted by atomic mass is 9.93. The third-order valence-electron chi connectivity index (χ3n) is 2.86. The van der Waals surface area contributed by atoms with Crippen LogP contribution in [0.15, 0.2) is 18.2 Å². The van der Waals surface area contributed by atoms with E-state index in [0.717, 1.165) is 29.9 Å². The molecule has 0 saturated heterocycles. The number of hydrogen-bond acceptors (Lipinski definition) is 3. The average Bonchev–Trinajstić information content (AvgIpc) is 2.25. The molecule has 1 aromatic rings. The number of rotatable bonds is 5. The van der Waals surface area contributed by atoms with Crippen LogP contribution in [0.4, 0.5) is 5.69 Å². The fourth-order valence-corrected chi connectivity index (χ4v) is 2.15. The molecule has 0 spiro atoms. The van der Waals surface area contributed by atoms with Crippen LogP contribution >= 0.6 is 0 Å². The normalized spacial score (nSPS) is 11.4. The molecule has 0 aliphatic heterocycles. The van der Waals surface area contributed by atoms with E-state index in [2.05, 4.69) is 44.2 Å². The minimum atomic E-state index is 0.214. The van der Waals surface area contributed by atoms with Crippen molar-refractivity contribution in [1.29, 1.82) is 5.26 Å². The monoisotopic (exact) mass is 245 g/mol. The summed E-state index contributed by atoms with van der Waals surface area (Å²) in [7, 11) is 4.18. The smallest absolute Gasteiger partial charge is 0.0994 e. The van der Waals surface area contributed by atoms with E-state index in [4.69, 9.17) is 5.26 Å². The maximum Gasteiger partial charge on any atom is 0.0994 e. The minimum absolute atomic E-state index is 0.214. The van der Waals surface area contributed by atoms with Crippen molar-refractivity contribution in [1.82, 2.24) is 4.90 Å². The van der Waals surface area contributed by atoms with Crippen LogP contribution in [-0.4, -0.2) is 32.1 Å². The summed E-state index contributed by atoms with van der Waals surface area (Å²) in [4.78, 5) is 2.20. The average molecular weight is 245 g/mol. The van der Waals surface area contributed by atoms with Gasteiger partial charge >= 0.3 is 0 Å². The highest BCUT2D eigenvalue weighted by Crippen LogP contribution is 2.19. The van der Waals surface area contributed by atoms with Crippen LogP contribution in [0.3, 0.4) is 0 Å². The number of nitrogens with zero attached hydrogens (tertiary/aromatic N) is 2. The molecule has 0 amide bonds. The van der Waals surface area contributed by atoms with Gasteiger partial charge in [0.05, 0.1) is 11.6 Å². The minimum Gasteiger partial charge on any atom is -0.384 e. The predicted octanol–water partition coefficient (Wildman–Crippen LogP) is 2.87. The van der Waals surface area contributed by atoms with Crippen LogP contribution in [0.2, 0.25) is 0 Å². The largest absolute Gasteiger partial charge is 0.384 e. The number of nitrogens with one attached hydrogen (secondary N) is 1. The molecule has 0 fully saturated rings. The Hall–Kier alpha value is -1.53. The first-order chi connectivity index (χ1) is 8.34. The third kappa shape index (κ3) is 4.38. The molecule has 0 heterocycles. The van der Waals surface area contributed by atoms with E-state index in [-0.39, 0.29) is 5.41 Å². The SMILES string of the molecule is Cc1cc(NCC(C)(C)CN(C)C)ccc1C#N. The number of nitriles is 1. The summed E-state index contributed by atoms with van der Waals surface area (Å²) < 4.78 is 0.